The van der Waals surface area contributed by atoms with E-state index in [0.717, 1.165) is 17.8 Å². The Hall–Kier alpha value is -0.260. The zero-order valence-electron chi connectivity index (χ0n) is 15.5. The molecule has 0 heterocycles. The molecule has 0 saturated carbocycles. The van der Waals surface area contributed by atoms with Crippen LogP contribution in [0.15, 0.2) is 11.1 Å². The van der Waals surface area contributed by atoms with Crippen LogP contribution in [-0.2, 0) is 0 Å². The van der Waals surface area contributed by atoms with E-state index in [4.69, 9.17) is 0 Å². The summed E-state index contributed by atoms with van der Waals surface area (Å²) in [7, 11) is 0. The van der Waals surface area contributed by atoms with Crippen molar-refractivity contribution >= 4 is 0 Å². The maximum Gasteiger partial charge on any atom is -0.0133 e. The second-order valence-electron chi connectivity index (χ2n) is 7.90. The standard InChI is InChI=1S/C20H38/c1-10-12-17-19(14(5)6)18(13(3)4)16(9)20(17,11-2)15(7)8/h13-17H,10-12H2,1-9H3. The van der Waals surface area contributed by atoms with Crippen molar-refractivity contribution in [2.24, 2.45) is 35.0 Å². The average Bonchev–Trinajstić information content (AvgIpc) is 2.59. The minimum atomic E-state index is 0.495. The third-order valence-corrected chi connectivity index (χ3v) is 6.14. The van der Waals surface area contributed by atoms with Gasteiger partial charge >= 0.3 is 0 Å². The van der Waals surface area contributed by atoms with E-state index < -0.39 is 0 Å². The number of hydrogen-bond acceptors (Lipinski definition) is 0. The molecule has 0 aromatic rings. The van der Waals surface area contributed by atoms with E-state index in [9.17, 15) is 0 Å². The Morgan fingerprint density at radius 1 is 0.900 bits per heavy atom. The lowest BCUT2D eigenvalue weighted by molar-refractivity contribution is 0.0641. The maximum atomic E-state index is 2.52. The predicted molar refractivity (Wildman–Crippen MR) is 91.8 cm³/mol. The van der Waals surface area contributed by atoms with Gasteiger partial charge in [0.2, 0.25) is 0 Å². The highest BCUT2D eigenvalue weighted by molar-refractivity contribution is 5.34. The van der Waals surface area contributed by atoms with Gasteiger partial charge in [-0.15, -0.1) is 0 Å². The van der Waals surface area contributed by atoms with Crippen molar-refractivity contribution in [1.82, 2.24) is 0 Å². The van der Waals surface area contributed by atoms with Crippen LogP contribution in [-0.4, -0.2) is 0 Å². The molecule has 0 saturated heterocycles. The maximum absolute atomic E-state index is 2.52. The van der Waals surface area contributed by atoms with Crippen LogP contribution >= 0.6 is 0 Å². The first kappa shape index (κ1) is 17.8. The molecule has 0 amide bonds. The van der Waals surface area contributed by atoms with Gasteiger partial charge in [-0.3, -0.25) is 0 Å². The first-order valence-corrected chi connectivity index (χ1v) is 8.99. The molecule has 0 N–H and O–H groups in total. The Morgan fingerprint density at radius 3 is 1.70 bits per heavy atom. The molecule has 0 spiro atoms. The normalized spacial score (nSPS) is 31.2. The summed E-state index contributed by atoms with van der Waals surface area (Å²) in [6, 6.07) is 0. The van der Waals surface area contributed by atoms with Gasteiger partial charge in [0.15, 0.2) is 0 Å². The van der Waals surface area contributed by atoms with Gasteiger partial charge < -0.3 is 0 Å². The van der Waals surface area contributed by atoms with Crippen LogP contribution in [0.2, 0.25) is 0 Å². The summed E-state index contributed by atoms with van der Waals surface area (Å²) >= 11 is 0. The molecule has 0 aliphatic heterocycles. The first-order chi connectivity index (χ1) is 9.25. The fraction of sp³-hybridized carbons (Fsp3) is 0.900. The molecule has 1 aliphatic rings. The molecule has 0 fully saturated rings. The molecule has 1 rings (SSSR count). The van der Waals surface area contributed by atoms with Gasteiger partial charge in [0.25, 0.3) is 0 Å². The predicted octanol–water partition coefficient (Wildman–Crippen LogP) is 6.71. The SMILES string of the molecule is CCCC1C(C(C)C)=C(C(C)C)C(C)C1(CC)C(C)C. The van der Waals surface area contributed by atoms with E-state index in [1.165, 1.54) is 19.3 Å². The average molecular weight is 279 g/mol. The van der Waals surface area contributed by atoms with Gasteiger partial charge in [-0.2, -0.15) is 0 Å². The molecular formula is C20H38. The Labute approximate surface area is 128 Å². The van der Waals surface area contributed by atoms with E-state index in [1.807, 2.05) is 5.57 Å². The van der Waals surface area contributed by atoms with Gasteiger partial charge in [-0.25, -0.2) is 0 Å². The highest BCUT2D eigenvalue weighted by atomic mass is 14.6. The molecule has 0 bridgehead atoms. The molecule has 0 radical (unpaired) electrons. The minimum Gasteiger partial charge on any atom is -0.0654 e. The molecule has 0 aromatic carbocycles. The zero-order chi connectivity index (χ0) is 15.7. The summed E-state index contributed by atoms with van der Waals surface area (Å²) < 4.78 is 0. The number of hydrogen-bond donors (Lipinski definition) is 0. The van der Waals surface area contributed by atoms with Crippen molar-refractivity contribution in [3.63, 3.8) is 0 Å². The largest absolute Gasteiger partial charge is 0.0654 e. The van der Waals surface area contributed by atoms with Gasteiger partial charge in [0.1, 0.15) is 0 Å². The molecular weight excluding hydrogens is 240 g/mol. The monoisotopic (exact) mass is 278 g/mol. The van der Waals surface area contributed by atoms with E-state index in [1.54, 1.807) is 5.57 Å². The van der Waals surface area contributed by atoms with Crippen molar-refractivity contribution < 1.29 is 0 Å². The molecule has 0 nitrogen and oxygen atoms in total. The van der Waals surface area contributed by atoms with Gasteiger partial charge in [0, 0.05) is 0 Å². The fourth-order valence-corrected chi connectivity index (χ4v) is 5.48. The van der Waals surface area contributed by atoms with Crippen molar-refractivity contribution in [2.75, 3.05) is 0 Å². The highest BCUT2D eigenvalue weighted by Gasteiger charge is 2.52. The lowest BCUT2D eigenvalue weighted by Gasteiger charge is -2.45. The molecule has 20 heavy (non-hydrogen) atoms. The Balaban J connectivity index is 3.46. The quantitative estimate of drug-likeness (QED) is 0.473. The minimum absolute atomic E-state index is 0.495. The summed E-state index contributed by atoms with van der Waals surface area (Å²) in [5.41, 5.74) is 4.12. The van der Waals surface area contributed by atoms with Crippen molar-refractivity contribution in [2.45, 2.75) is 81.6 Å². The molecule has 1 aliphatic carbocycles. The summed E-state index contributed by atoms with van der Waals surface area (Å²) in [4.78, 5) is 0. The topological polar surface area (TPSA) is 0 Å². The zero-order valence-corrected chi connectivity index (χ0v) is 15.5. The Bertz CT molecular complexity index is 345. The van der Waals surface area contributed by atoms with Gasteiger partial charge in [-0.05, 0) is 47.8 Å². The van der Waals surface area contributed by atoms with E-state index >= 15 is 0 Å². The van der Waals surface area contributed by atoms with Gasteiger partial charge in [-0.1, -0.05) is 79.9 Å². The summed E-state index contributed by atoms with van der Waals surface area (Å²) in [6.07, 6.45) is 4.01. The molecule has 3 unspecified atom stereocenters. The lowest BCUT2D eigenvalue weighted by Crippen LogP contribution is -2.38. The van der Waals surface area contributed by atoms with Crippen LogP contribution in [0.25, 0.3) is 0 Å². The number of allylic oxidation sites excluding steroid dienone is 2. The highest BCUT2D eigenvalue weighted by Crippen LogP contribution is 2.61. The van der Waals surface area contributed by atoms with Crippen molar-refractivity contribution in [3.8, 4) is 0 Å². The van der Waals surface area contributed by atoms with Crippen LogP contribution in [0.5, 0.6) is 0 Å². The van der Waals surface area contributed by atoms with E-state index in [0.29, 0.717) is 17.3 Å². The fourth-order valence-electron chi connectivity index (χ4n) is 5.48. The van der Waals surface area contributed by atoms with Crippen molar-refractivity contribution in [3.05, 3.63) is 11.1 Å². The molecule has 118 valence electrons. The lowest BCUT2D eigenvalue weighted by atomic mass is 9.59. The van der Waals surface area contributed by atoms with Crippen LogP contribution in [0.4, 0.5) is 0 Å². The smallest absolute Gasteiger partial charge is 0.0133 e. The summed E-state index contributed by atoms with van der Waals surface area (Å²) in [6.45, 7) is 21.9. The second kappa shape index (κ2) is 6.67. The third-order valence-electron chi connectivity index (χ3n) is 6.14. The van der Waals surface area contributed by atoms with Gasteiger partial charge in [0.05, 0.1) is 0 Å². The molecule has 0 heteroatoms. The van der Waals surface area contributed by atoms with E-state index in [2.05, 4.69) is 62.3 Å². The Morgan fingerprint density at radius 2 is 1.40 bits per heavy atom. The van der Waals surface area contributed by atoms with Crippen LogP contribution in [0.1, 0.15) is 81.6 Å². The summed E-state index contributed by atoms with van der Waals surface area (Å²) in [5, 5.41) is 0. The third kappa shape index (κ3) is 2.60. The number of rotatable bonds is 6. The first-order valence-electron chi connectivity index (χ1n) is 8.99. The van der Waals surface area contributed by atoms with Crippen LogP contribution in [0.3, 0.4) is 0 Å². The second-order valence-corrected chi connectivity index (χ2v) is 7.90. The molecule has 0 aromatic heterocycles. The van der Waals surface area contributed by atoms with Crippen LogP contribution in [0, 0.1) is 35.0 Å². The van der Waals surface area contributed by atoms with Crippen molar-refractivity contribution in [1.29, 1.82) is 0 Å². The summed E-state index contributed by atoms with van der Waals surface area (Å²) in [5.74, 6) is 3.74. The van der Waals surface area contributed by atoms with E-state index in [-0.39, 0.29) is 0 Å². The Kier molecular flexibility index (Phi) is 5.93. The molecule has 3 atom stereocenters. The van der Waals surface area contributed by atoms with Crippen LogP contribution < -0.4 is 0 Å².